The van der Waals surface area contributed by atoms with Gasteiger partial charge in [0.15, 0.2) is 5.78 Å². The molecule has 0 saturated carbocycles. The molecule has 2 aromatic carbocycles. The number of hydrogen-bond acceptors (Lipinski definition) is 4. The Balaban J connectivity index is 1.43. The van der Waals surface area contributed by atoms with Crippen LogP contribution in [0.2, 0.25) is 0 Å². The fourth-order valence-electron chi connectivity index (χ4n) is 3.06. The Kier molecular flexibility index (Phi) is 6.57. The van der Waals surface area contributed by atoms with Crippen LogP contribution in [0.3, 0.4) is 0 Å². The van der Waals surface area contributed by atoms with E-state index in [0.717, 1.165) is 19.6 Å². The molecule has 0 radical (unpaired) electrons. The number of morpholine rings is 1. The van der Waals surface area contributed by atoms with Gasteiger partial charge in [0.2, 0.25) is 0 Å². The van der Waals surface area contributed by atoms with Crippen molar-refractivity contribution in [2.45, 2.75) is 19.6 Å². The smallest absolute Gasteiger partial charge is 0.319 e. The van der Waals surface area contributed by atoms with Gasteiger partial charge in [0.25, 0.3) is 0 Å². The number of rotatable bonds is 6. The third-order valence-electron chi connectivity index (χ3n) is 4.51. The summed E-state index contributed by atoms with van der Waals surface area (Å²) in [5.74, 6) is 0.000468. The van der Waals surface area contributed by atoms with E-state index in [1.54, 1.807) is 24.3 Å². The van der Waals surface area contributed by atoms with Gasteiger partial charge in [-0.3, -0.25) is 9.69 Å². The average molecular weight is 367 g/mol. The molecule has 6 heteroatoms. The van der Waals surface area contributed by atoms with Crippen molar-refractivity contribution >= 4 is 17.5 Å². The molecule has 2 N–H and O–H groups in total. The van der Waals surface area contributed by atoms with Crippen molar-refractivity contribution in [1.82, 2.24) is 10.2 Å². The monoisotopic (exact) mass is 367 g/mol. The fraction of sp³-hybridized carbons (Fsp3) is 0.333. The fourth-order valence-corrected chi connectivity index (χ4v) is 3.06. The predicted molar refractivity (Wildman–Crippen MR) is 105 cm³/mol. The van der Waals surface area contributed by atoms with Crippen LogP contribution < -0.4 is 10.6 Å². The maximum absolute atomic E-state index is 12.1. The first-order valence-electron chi connectivity index (χ1n) is 9.14. The van der Waals surface area contributed by atoms with Gasteiger partial charge in [-0.15, -0.1) is 0 Å². The summed E-state index contributed by atoms with van der Waals surface area (Å²) < 4.78 is 5.77. The highest BCUT2D eigenvalue weighted by atomic mass is 16.5. The maximum atomic E-state index is 12.1. The highest BCUT2D eigenvalue weighted by molar-refractivity contribution is 5.95. The highest BCUT2D eigenvalue weighted by Crippen LogP contribution is 2.11. The minimum absolute atomic E-state index is 0.000468. The number of urea groups is 1. The number of anilines is 1. The van der Waals surface area contributed by atoms with Gasteiger partial charge in [0, 0.05) is 37.4 Å². The molecule has 142 valence electrons. The minimum atomic E-state index is -0.283. The summed E-state index contributed by atoms with van der Waals surface area (Å²) in [6.45, 7) is 5.17. The topological polar surface area (TPSA) is 70.7 Å². The van der Waals surface area contributed by atoms with Gasteiger partial charge >= 0.3 is 6.03 Å². The van der Waals surface area contributed by atoms with Gasteiger partial charge in [-0.2, -0.15) is 0 Å². The van der Waals surface area contributed by atoms with Crippen molar-refractivity contribution in [2.75, 3.05) is 31.6 Å². The molecule has 2 amide bonds. The second-order valence-electron chi connectivity index (χ2n) is 6.68. The molecule has 6 nitrogen and oxygen atoms in total. The van der Waals surface area contributed by atoms with Crippen molar-refractivity contribution in [3.8, 4) is 0 Å². The molecule has 1 fully saturated rings. The minimum Gasteiger partial charge on any atom is -0.374 e. The standard InChI is InChI=1S/C21H25N3O3/c1-16(25)18-7-9-19(10-8-18)23-21(26)22-13-20-15-24(11-12-27-20)14-17-5-3-2-4-6-17/h2-10,20H,11-15H2,1H3,(H2,22,23,26). The molecule has 27 heavy (non-hydrogen) atoms. The Bertz CT molecular complexity index is 762. The van der Waals surface area contributed by atoms with E-state index in [4.69, 9.17) is 4.74 Å². The summed E-state index contributed by atoms with van der Waals surface area (Å²) >= 11 is 0. The van der Waals surface area contributed by atoms with Crippen LogP contribution in [0.15, 0.2) is 54.6 Å². The Hall–Kier alpha value is -2.70. The van der Waals surface area contributed by atoms with Crippen LogP contribution in [0.5, 0.6) is 0 Å². The van der Waals surface area contributed by atoms with Crippen molar-refractivity contribution in [2.24, 2.45) is 0 Å². The SMILES string of the molecule is CC(=O)c1ccc(NC(=O)NCC2CN(Cc3ccccc3)CCO2)cc1. The van der Waals surface area contributed by atoms with Crippen LogP contribution in [0, 0.1) is 0 Å². The zero-order valence-electron chi connectivity index (χ0n) is 15.5. The van der Waals surface area contributed by atoms with Crippen molar-refractivity contribution in [1.29, 1.82) is 0 Å². The van der Waals surface area contributed by atoms with Crippen LogP contribution in [-0.2, 0) is 11.3 Å². The Labute approximate surface area is 159 Å². The molecule has 0 aromatic heterocycles. The molecule has 1 saturated heterocycles. The summed E-state index contributed by atoms with van der Waals surface area (Å²) in [5, 5.41) is 5.62. The number of amides is 2. The van der Waals surface area contributed by atoms with E-state index in [0.29, 0.717) is 24.4 Å². The number of carbonyl (C=O) groups excluding carboxylic acids is 2. The van der Waals surface area contributed by atoms with Crippen LogP contribution in [-0.4, -0.2) is 49.1 Å². The number of Topliss-reactive ketones (excluding diaryl/α,β-unsaturated/α-hetero) is 1. The molecule has 0 spiro atoms. The predicted octanol–water partition coefficient (Wildman–Crippen LogP) is 2.91. The van der Waals surface area contributed by atoms with Crippen molar-refractivity contribution < 1.29 is 14.3 Å². The number of nitrogens with zero attached hydrogens (tertiary/aromatic N) is 1. The lowest BCUT2D eigenvalue weighted by Crippen LogP contribution is -2.47. The molecule has 1 heterocycles. The van der Waals surface area contributed by atoms with E-state index in [-0.39, 0.29) is 17.9 Å². The van der Waals surface area contributed by atoms with Gasteiger partial charge in [-0.05, 0) is 36.8 Å². The second kappa shape index (κ2) is 9.30. The molecular formula is C21H25N3O3. The molecule has 2 aromatic rings. The molecule has 3 rings (SSSR count). The summed E-state index contributed by atoms with van der Waals surface area (Å²) in [6, 6.07) is 16.9. The van der Waals surface area contributed by atoms with E-state index in [2.05, 4.69) is 27.7 Å². The summed E-state index contributed by atoms with van der Waals surface area (Å²) in [6.07, 6.45) is -0.0340. The molecule has 1 aliphatic rings. The average Bonchev–Trinajstić information content (AvgIpc) is 2.68. The zero-order chi connectivity index (χ0) is 19.1. The maximum Gasteiger partial charge on any atom is 0.319 e. The van der Waals surface area contributed by atoms with Crippen LogP contribution in [0.25, 0.3) is 0 Å². The van der Waals surface area contributed by atoms with Gasteiger partial charge in [0.05, 0.1) is 12.7 Å². The summed E-state index contributed by atoms with van der Waals surface area (Å²) in [5.41, 5.74) is 2.54. The van der Waals surface area contributed by atoms with Gasteiger partial charge in [0.1, 0.15) is 0 Å². The molecule has 1 unspecified atom stereocenters. The Morgan fingerprint density at radius 2 is 1.85 bits per heavy atom. The second-order valence-corrected chi connectivity index (χ2v) is 6.68. The van der Waals surface area contributed by atoms with Gasteiger partial charge in [-0.1, -0.05) is 30.3 Å². The molecular weight excluding hydrogens is 342 g/mol. The van der Waals surface area contributed by atoms with Gasteiger partial charge in [-0.25, -0.2) is 4.79 Å². The highest BCUT2D eigenvalue weighted by Gasteiger charge is 2.21. The lowest BCUT2D eigenvalue weighted by atomic mass is 10.1. The van der Waals surface area contributed by atoms with Crippen LogP contribution in [0.1, 0.15) is 22.8 Å². The van der Waals surface area contributed by atoms with Gasteiger partial charge < -0.3 is 15.4 Å². The first-order chi connectivity index (χ1) is 13.1. The van der Waals surface area contributed by atoms with E-state index in [1.807, 2.05) is 18.2 Å². The first-order valence-corrected chi connectivity index (χ1v) is 9.14. The van der Waals surface area contributed by atoms with Crippen LogP contribution >= 0.6 is 0 Å². The van der Waals surface area contributed by atoms with Crippen LogP contribution in [0.4, 0.5) is 10.5 Å². The normalized spacial score (nSPS) is 17.3. The van der Waals surface area contributed by atoms with E-state index in [1.165, 1.54) is 12.5 Å². The van der Waals surface area contributed by atoms with E-state index in [9.17, 15) is 9.59 Å². The summed E-state index contributed by atoms with van der Waals surface area (Å²) in [4.78, 5) is 25.7. The molecule has 1 aliphatic heterocycles. The van der Waals surface area contributed by atoms with Crippen molar-refractivity contribution in [3.05, 3.63) is 65.7 Å². The number of ketones is 1. The third kappa shape index (κ3) is 5.91. The number of benzene rings is 2. The molecule has 0 aliphatic carbocycles. The third-order valence-corrected chi connectivity index (χ3v) is 4.51. The largest absolute Gasteiger partial charge is 0.374 e. The Morgan fingerprint density at radius 1 is 1.11 bits per heavy atom. The quantitative estimate of drug-likeness (QED) is 0.770. The number of ether oxygens (including phenoxy) is 1. The van der Waals surface area contributed by atoms with Crippen molar-refractivity contribution in [3.63, 3.8) is 0 Å². The molecule has 0 bridgehead atoms. The lowest BCUT2D eigenvalue weighted by Gasteiger charge is -2.33. The van der Waals surface area contributed by atoms with E-state index >= 15 is 0 Å². The number of nitrogens with one attached hydrogen (secondary N) is 2. The number of carbonyl (C=O) groups is 2. The summed E-state index contributed by atoms with van der Waals surface area (Å²) in [7, 11) is 0. The molecule has 1 atom stereocenters. The van der Waals surface area contributed by atoms with E-state index < -0.39 is 0 Å². The zero-order valence-corrected chi connectivity index (χ0v) is 15.5. The first kappa shape index (κ1) is 19.1. The Morgan fingerprint density at radius 3 is 2.56 bits per heavy atom. The number of hydrogen-bond donors (Lipinski definition) is 2. The lowest BCUT2D eigenvalue weighted by molar-refractivity contribution is -0.0285.